The maximum Gasteiger partial charge on any atom is 0.312 e. The zero-order valence-corrected chi connectivity index (χ0v) is 9.27. The number of aromatic nitrogens is 1. The number of amides is 2. The minimum atomic E-state index is -0.598. The Kier molecular flexibility index (Phi) is 4.21. The molecule has 1 aromatic heterocycles. The van der Waals surface area contributed by atoms with Gasteiger partial charge >= 0.3 is 6.03 Å². The van der Waals surface area contributed by atoms with E-state index in [1.165, 1.54) is 12.1 Å². The van der Waals surface area contributed by atoms with Gasteiger partial charge < -0.3 is 16.4 Å². The van der Waals surface area contributed by atoms with Crippen molar-refractivity contribution in [2.24, 2.45) is 5.73 Å². The first-order valence-electron chi connectivity index (χ1n) is 4.90. The van der Waals surface area contributed by atoms with Gasteiger partial charge in [0.05, 0.1) is 4.92 Å². The minimum Gasteiger partial charge on any atom is -0.368 e. The molecule has 1 rings (SSSR count). The fourth-order valence-electron chi connectivity index (χ4n) is 1.22. The molecular formula is C9H13N5O3. The van der Waals surface area contributed by atoms with Crippen LogP contribution in [0, 0.1) is 17.0 Å². The average Bonchev–Trinajstić information content (AvgIpc) is 2.23. The summed E-state index contributed by atoms with van der Waals surface area (Å²) in [5.74, 6) is 0.513. The Morgan fingerprint density at radius 3 is 2.76 bits per heavy atom. The molecule has 4 N–H and O–H groups in total. The Morgan fingerprint density at radius 1 is 1.53 bits per heavy atom. The van der Waals surface area contributed by atoms with Gasteiger partial charge in [0.15, 0.2) is 0 Å². The van der Waals surface area contributed by atoms with Crippen LogP contribution < -0.4 is 16.4 Å². The van der Waals surface area contributed by atoms with Crippen LogP contribution in [0.2, 0.25) is 0 Å². The summed E-state index contributed by atoms with van der Waals surface area (Å²) in [5.41, 5.74) is 5.19. The second-order valence-corrected chi connectivity index (χ2v) is 3.28. The van der Waals surface area contributed by atoms with Crippen molar-refractivity contribution in [2.75, 3.05) is 18.4 Å². The number of primary amides is 1. The van der Waals surface area contributed by atoms with Gasteiger partial charge in [-0.3, -0.25) is 10.1 Å². The maximum absolute atomic E-state index is 10.6. The van der Waals surface area contributed by atoms with Gasteiger partial charge in [0.1, 0.15) is 11.5 Å². The molecule has 1 heterocycles. The molecular weight excluding hydrogens is 226 g/mol. The molecule has 8 heteroatoms. The number of aryl methyl sites for hydroxylation is 1. The second-order valence-electron chi connectivity index (χ2n) is 3.28. The van der Waals surface area contributed by atoms with Gasteiger partial charge in [-0.2, -0.15) is 0 Å². The van der Waals surface area contributed by atoms with Crippen LogP contribution in [0.3, 0.4) is 0 Å². The molecule has 0 fully saturated rings. The monoisotopic (exact) mass is 239 g/mol. The zero-order valence-electron chi connectivity index (χ0n) is 9.27. The van der Waals surface area contributed by atoms with Gasteiger partial charge in [-0.15, -0.1) is 0 Å². The predicted octanol–water partition coefficient (Wildman–Crippen LogP) is 0.378. The highest BCUT2D eigenvalue weighted by atomic mass is 16.6. The van der Waals surface area contributed by atoms with Crippen LogP contribution in [0.1, 0.15) is 5.69 Å². The molecule has 2 amide bonds. The molecule has 0 aliphatic rings. The van der Waals surface area contributed by atoms with E-state index in [1.807, 2.05) is 0 Å². The predicted molar refractivity (Wildman–Crippen MR) is 61.7 cm³/mol. The van der Waals surface area contributed by atoms with Crippen LogP contribution in [0.15, 0.2) is 12.1 Å². The fraction of sp³-hybridized carbons (Fsp3) is 0.333. The van der Waals surface area contributed by atoms with Crippen molar-refractivity contribution < 1.29 is 9.72 Å². The summed E-state index contributed by atoms with van der Waals surface area (Å²) < 4.78 is 0. The smallest absolute Gasteiger partial charge is 0.312 e. The van der Waals surface area contributed by atoms with Crippen molar-refractivity contribution in [2.45, 2.75) is 6.92 Å². The highest BCUT2D eigenvalue weighted by Crippen LogP contribution is 2.17. The van der Waals surface area contributed by atoms with Crippen molar-refractivity contribution in [1.82, 2.24) is 10.3 Å². The molecule has 17 heavy (non-hydrogen) atoms. The topological polar surface area (TPSA) is 123 Å². The van der Waals surface area contributed by atoms with Gasteiger partial charge in [0, 0.05) is 19.2 Å². The highest BCUT2D eigenvalue weighted by molar-refractivity contribution is 5.71. The molecule has 0 aliphatic heterocycles. The number of carbonyl (C=O) groups excluding carboxylic acids is 1. The Labute approximate surface area is 97.4 Å². The number of hydrogen-bond acceptors (Lipinski definition) is 5. The van der Waals surface area contributed by atoms with E-state index in [9.17, 15) is 14.9 Å². The van der Waals surface area contributed by atoms with E-state index >= 15 is 0 Å². The maximum atomic E-state index is 10.6. The molecule has 92 valence electrons. The number of hydrogen-bond donors (Lipinski definition) is 3. The van der Waals surface area contributed by atoms with Gasteiger partial charge in [-0.1, -0.05) is 0 Å². The van der Waals surface area contributed by atoms with E-state index < -0.39 is 11.0 Å². The largest absolute Gasteiger partial charge is 0.368 e. The van der Waals surface area contributed by atoms with Crippen molar-refractivity contribution >= 4 is 17.5 Å². The normalized spacial score (nSPS) is 9.71. The first-order chi connectivity index (χ1) is 8.00. The minimum absolute atomic E-state index is 0.0224. The Balaban J connectivity index is 2.53. The number of pyridine rings is 1. The van der Waals surface area contributed by atoms with Crippen LogP contribution in [-0.2, 0) is 0 Å². The van der Waals surface area contributed by atoms with E-state index in [0.29, 0.717) is 24.6 Å². The number of nitro groups is 1. The van der Waals surface area contributed by atoms with Gasteiger partial charge in [-0.25, -0.2) is 9.78 Å². The van der Waals surface area contributed by atoms with Gasteiger partial charge in [0.2, 0.25) is 0 Å². The molecule has 0 aromatic carbocycles. The molecule has 8 nitrogen and oxygen atoms in total. The molecule has 0 spiro atoms. The zero-order chi connectivity index (χ0) is 12.8. The van der Waals surface area contributed by atoms with Gasteiger partial charge in [0.25, 0.3) is 5.69 Å². The van der Waals surface area contributed by atoms with E-state index in [1.54, 1.807) is 6.92 Å². The summed E-state index contributed by atoms with van der Waals surface area (Å²) >= 11 is 0. The van der Waals surface area contributed by atoms with Crippen molar-refractivity contribution in [3.8, 4) is 0 Å². The van der Waals surface area contributed by atoms with Crippen molar-refractivity contribution in [1.29, 1.82) is 0 Å². The van der Waals surface area contributed by atoms with E-state index in [0.717, 1.165) is 0 Å². The third kappa shape index (κ3) is 3.93. The van der Waals surface area contributed by atoms with Crippen LogP contribution in [-0.4, -0.2) is 29.0 Å². The Bertz CT molecular complexity index is 435. The first-order valence-corrected chi connectivity index (χ1v) is 4.90. The number of nitrogens with one attached hydrogen (secondary N) is 2. The number of urea groups is 1. The molecule has 0 radical (unpaired) electrons. The van der Waals surface area contributed by atoms with Gasteiger partial charge in [-0.05, 0) is 13.0 Å². The molecule has 0 aliphatic carbocycles. The Morgan fingerprint density at radius 2 is 2.24 bits per heavy atom. The number of nitrogens with zero attached hydrogens (tertiary/aromatic N) is 2. The fourth-order valence-corrected chi connectivity index (χ4v) is 1.22. The first kappa shape index (κ1) is 12.7. The number of carbonyl (C=O) groups is 1. The van der Waals surface area contributed by atoms with Crippen molar-refractivity contribution in [3.05, 3.63) is 27.9 Å². The quantitative estimate of drug-likeness (QED) is 0.389. The van der Waals surface area contributed by atoms with E-state index in [-0.39, 0.29) is 5.69 Å². The SMILES string of the molecule is Cc1nc(NCCNC(N)=O)ccc1[N+](=O)[O-]. The molecule has 0 atom stereocenters. The highest BCUT2D eigenvalue weighted by Gasteiger charge is 2.11. The lowest BCUT2D eigenvalue weighted by Gasteiger charge is -2.06. The lowest BCUT2D eigenvalue weighted by molar-refractivity contribution is -0.385. The summed E-state index contributed by atoms with van der Waals surface area (Å²) in [6.45, 7) is 2.35. The summed E-state index contributed by atoms with van der Waals surface area (Å²) in [4.78, 5) is 24.5. The lowest BCUT2D eigenvalue weighted by Crippen LogP contribution is -2.33. The number of rotatable bonds is 5. The summed E-state index contributed by atoms with van der Waals surface area (Å²) in [6.07, 6.45) is 0. The molecule has 0 unspecified atom stereocenters. The second kappa shape index (κ2) is 5.64. The van der Waals surface area contributed by atoms with E-state index in [4.69, 9.17) is 5.73 Å². The molecule has 0 saturated heterocycles. The van der Waals surface area contributed by atoms with E-state index in [2.05, 4.69) is 15.6 Å². The number of anilines is 1. The molecule has 0 bridgehead atoms. The van der Waals surface area contributed by atoms with Crippen LogP contribution >= 0.6 is 0 Å². The molecule has 0 saturated carbocycles. The van der Waals surface area contributed by atoms with Crippen LogP contribution in [0.4, 0.5) is 16.3 Å². The summed E-state index contributed by atoms with van der Waals surface area (Å²) in [7, 11) is 0. The van der Waals surface area contributed by atoms with Crippen LogP contribution in [0.25, 0.3) is 0 Å². The van der Waals surface area contributed by atoms with Crippen molar-refractivity contribution in [3.63, 3.8) is 0 Å². The van der Waals surface area contributed by atoms with Crippen LogP contribution in [0.5, 0.6) is 0 Å². The summed E-state index contributed by atoms with van der Waals surface area (Å²) in [5, 5.41) is 15.9. The number of nitrogens with two attached hydrogens (primary N) is 1. The third-order valence-corrected chi connectivity index (χ3v) is 1.98. The standard InChI is InChI=1S/C9H13N5O3/c1-6-7(14(16)17)2-3-8(13-6)11-4-5-12-9(10)15/h2-3H,4-5H2,1H3,(H,11,13)(H3,10,12,15). The molecule has 1 aromatic rings. The average molecular weight is 239 g/mol. The Hall–Kier alpha value is -2.38. The lowest BCUT2D eigenvalue weighted by atomic mass is 10.3. The summed E-state index contributed by atoms with van der Waals surface area (Å²) in [6, 6.07) is 2.29. The third-order valence-electron chi connectivity index (χ3n) is 1.98.